The van der Waals surface area contributed by atoms with Crippen LogP contribution in [0.1, 0.15) is 46.0 Å². The highest BCUT2D eigenvalue weighted by molar-refractivity contribution is 5.95. The number of tetrazole rings is 1. The Morgan fingerprint density at radius 1 is 1.16 bits per heavy atom. The van der Waals surface area contributed by atoms with Gasteiger partial charge < -0.3 is 0 Å². The lowest BCUT2D eigenvalue weighted by molar-refractivity contribution is 0.0988. The summed E-state index contributed by atoms with van der Waals surface area (Å²) in [6, 6.07) is 13.6. The summed E-state index contributed by atoms with van der Waals surface area (Å²) in [6.07, 6.45) is 0.348. The zero-order valence-corrected chi connectivity index (χ0v) is 14.7. The first-order chi connectivity index (χ1) is 12.0. The molecule has 0 saturated carbocycles. The fourth-order valence-electron chi connectivity index (χ4n) is 2.77. The maximum Gasteiger partial charge on any atom is 0.185 e. The number of rotatable bonds is 6. The smallest absolute Gasteiger partial charge is 0.185 e. The van der Waals surface area contributed by atoms with Gasteiger partial charge in [-0.1, -0.05) is 37.3 Å². The van der Waals surface area contributed by atoms with Crippen LogP contribution >= 0.6 is 0 Å². The lowest BCUT2D eigenvalue weighted by Gasteiger charge is -2.13. The van der Waals surface area contributed by atoms with Crippen LogP contribution in [0.25, 0.3) is 0 Å². The van der Waals surface area contributed by atoms with Gasteiger partial charge in [-0.15, -0.1) is 5.10 Å². The second-order valence-corrected chi connectivity index (χ2v) is 6.32. The van der Waals surface area contributed by atoms with Gasteiger partial charge in [0.05, 0.1) is 6.54 Å². The summed E-state index contributed by atoms with van der Waals surface area (Å²) in [5, 5.41) is 11.6. The Kier molecular flexibility index (Phi) is 4.97. The van der Waals surface area contributed by atoms with Crippen LogP contribution < -0.4 is 0 Å². The van der Waals surface area contributed by atoms with Crippen LogP contribution in [-0.2, 0) is 13.0 Å². The number of ketones is 1. The third-order valence-electron chi connectivity index (χ3n) is 4.22. The van der Waals surface area contributed by atoms with Crippen molar-refractivity contribution in [3.8, 4) is 0 Å². The van der Waals surface area contributed by atoms with E-state index < -0.39 is 0 Å². The number of aromatic nitrogens is 5. The topological polar surface area (TPSA) is 73.6 Å². The molecular weight excluding hydrogens is 314 g/mol. The molecule has 25 heavy (non-hydrogen) atoms. The molecule has 0 spiro atoms. The number of hydrogen-bond donors (Lipinski definition) is 0. The van der Waals surface area contributed by atoms with E-state index in [-0.39, 0.29) is 11.7 Å². The fourth-order valence-corrected chi connectivity index (χ4v) is 2.77. The highest BCUT2D eigenvalue weighted by atomic mass is 16.1. The molecule has 2 aromatic heterocycles. The molecular formula is C19H21N5O. The van der Waals surface area contributed by atoms with Crippen LogP contribution in [-0.4, -0.2) is 31.0 Å². The molecule has 6 heteroatoms. The van der Waals surface area contributed by atoms with Crippen molar-refractivity contribution in [2.24, 2.45) is 0 Å². The second kappa shape index (κ2) is 7.34. The van der Waals surface area contributed by atoms with Gasteiger partial charge >= 0.3 is 0 Å². The van der Waals surface area contributed by atoms with E-state index in [9.17, 15) is 4.79 Å². The number of nitrogens with zero attached hydrogens (tertiary/aromatic N) is 5. The normalized spacial score (nSPS) is 12.1. The summed E-state index contributed by atoms with van der Waals surface area (Å²) in [6.45, 7) is 6.61. The predicted octanol–water partition coefficient (Wildman–Crippen LogP) is 2.91. The average molecular weight is 335 g/mol. The summed E-state index contributed by atoms with van der Waals surface area (Å²) in [7, 11) is 0. The van der Waals surface area contributed by atoms with Crippen molar-refractivity contribution < 1.29 is 4.79 Å². The minimum absolute atomic E-state index is 0.0322. The summed E-state index contributed by atoms with van der Waals surface area (Å²) in [5.74, 6) is 1.07. The van der Waals surface area contributed by atoms with E-state index in [1.165, 1.54) is 0 Å². The number of hydrogen-bond acceptors (Lipinski definition) is 5. The molecule has 3 rings (SSSR count). The van der Waals surface area contributed by atoms with Crippen molar-refractivity contribution in [1.29, 1.82) is 0 Å². The Labute approximate surface area is 146 Å². The average Bonchev–Trinajstić information content (AvgIpc) is 3.00. The monoisotopic (exact) mass is 335 g/mol. The zero-order chi connectivity index (χ0) is 17.8. The van der Waals surface area contributed by atoms with Gasteiger partial charge in [0.1, 0.15) is 11.5 Å². The van der Waals surface area contributed by atoms with Gasteiger partial charge in [-0.3, -0.25) is 9.78 Å². The quantitative estimate of drug-likeness (QED) is 0.648. The van der Waals surface area contributed by atoms with Crippen LogP contribution in [0, 0.1) is 13.8 Å². The van der Waals surface area contributed by atoms with Crippen LogP contribution in [0.15, 0.2) is 42.5 Å². The molecule has 0 saturated heterocycles. The van der Waals surface area contributed by atoms with Crippen LogP contribution in [0.4, 0.5) is 0 Å². The van der Waals surface area contributed by atoms with Crippen molar-refractivity contribution in [2.45, 2.75) is 39.7 Å². The van der Waals surface area contributed by atoms with Crippen LogP contribution in [0.2, 0.25) is 0 Å². The molecule has 1 aromatic carbocycles. The summed E-state index contributed by atoms with van der Waals surface area (Å²) >= 11 is 0. The van der Waals surface area contributed by atoms with E-state index in [0.717, 1.165) is 22.6 Å². The first-order valence-corrected chi connectivity index (χ1v) is 8.31. The van der Waals surface area contributed by atoms with Gasteiger partial charge in [-0.2, -0.15) is 0 Å². The molecule has 0 aliphatic carbocycles. The van der Waals surface area contributed by atoms with E-state index in [1.807, 2.05) is 38.1 Å². The van der Waals surface area contributed by atoms with Gasteiger partial charge in [0.2, 0.25) is 0 Å². The van der Waals surface area contributed by atoms with Gasteiger partial charge in [-0.05, 0) is 47.5 Å². The van der Waals surface area contributed by atoms with Gasteiger partial charge in [0.15, 0.2) is 5.78 Å². The van der Waals surface area contributed by atoms with E-state index in [4.69, 9.17) is 0 Å². The van der Waals surface area contributed by atoms with Crippen LogP contribution in [0.3, 0.4) is 0 Å². The third-order valence-corrected chi connectivity index (χ3v) is 4.22. The Morgan fingerprint density at radius 3 is 2.68 bits per heavy atom. The van der Waals surface area contributed by atoms with E-state index >= 15 is 0 Å². The van der Waals surface area contributed by atoms with E-state index in [1.54, 1.807) is 10.7 Å². The number of carbonyl (C=O) groups is 1. The summed E-state index contributed by atoms with van der Waals surface area (Å²) in [5.41, 5.74) is 3.52. The molecule has 128 valence electrons. The molecule has 1 atom stereocenters. The number of Topliss-reactive ketones (excluding diaryl/α,β-unsaturated/α-hetero) is 1. The third kappa shape index (κ3) is 4.15. The van der Waals surface area contributed by atoms with Crippen LogP contribution in [0.5, 0.6) is 0 Å². The van der Waals surface area contributed by atoms with Gasteiger partial charge in [0.25, 0.3) is 0 Å². The van der Waals surface area contributed by atoms with Crippen molar-refractivity contribution in [2.75, 3.05) is 0 Å². The molecule has 0 aliphatic heterocycles. The SMILES string of the molecule is Cc1cccc(C(=O)Cc2cccc(C(C)Cn3nnnc3C)c2)n1. The second-order valence-electron chi connectivity index (χ2n) is 6.32. The Hall–Kier alpha value is -2.89. The van der Waals surface area contributed by atoms with Crippen molar-refractivity contribution in [3.63, 3.8) is 0 Å². The zero-order valence-electron chi connectivity index (χ0n) is 14.7. The molecule has 1 unspecified atom stereocenters. The standard InChI is InChI=1S/C19H21N5O/c1-13(12-24-15(3)21-22-23-24)17-8-5-7-16(10-17)11-19(25)18-9-4-6-14(2)20-18/h4-10,13H,11-12H2,1-3H3. The summed E-state index contributed by atoms with van der Waals surface area (Å²) in [4.78, 5) is 16.8. The lowest BCUT2D eigenvalue weighted by atomic mass is 9.96. The minimum Gasteiger partial charge on any atom is -0.292 e. The molecule has 6 nitrogen and oxygen atoms in total. The maximum absolute atomic E-state index is 12.5. The molecule has 0 radical (unpaired) electrons. The molecule has 0 aliphatic rings. The largest absolute Gasteiger partial charge is 0.292 e. The number of aryl methyl sites for hydroxylation is 2. The van der Waals surface area contributed by atoms with Crippen molar-refractivity contribution in [1.82, 2.24) is 25.2 Å². The number of carbonyl (C=O) groups excluding carboxylic acids is 1. The first kappa shape index (κ1) is 17.0. The first-order valence-electron chi connectivity index (χ1n) is 8.31. The minimum atomic E-state index is 0.0322. The van der Waals surface area contributed by atoms with Crippen molar-refractivity contribution >= 4 is 5.78 Å². The predicted molar refractivity (Wildman–Crippen MR) is 94.4 cm³/mol. The van der Waals surface area contributed by atoms with E-state index in [0.29, 0.717) is 18.7 Å². The molecule has 0 bridgehead atoms. The number of pyridine rings is 1. The van der Waals surface area contributed by atoms with Crippen molar-refractivity contribution in [3.05, 3.63) is 70.8 Å². The fraction of sp³-hybridized carbons (Fsp3) is 0.316. The Morgan fingerprint density at radius 2 is 1.96 bits per heavy atom. The molecule has 3 aromatic rings. The lowest BCUT2D eigenvalue weighted by Crippen LogP contribution is -2.11. The molecule has 0 N–H and O–H groups in total. The Balaban J connectivity index is 1.73. The highest BCUT2D eigenvalue weighted by Gasteiger charge is 2.13. The number of benzene rings is 1. The highest BCUT2D eigenvalue weighted by Crippen LogP contribution is 2.19. The molecule has 2 heterocycles. The van der Waals surface area contributed by atoms with E-state index in [2.05, 4.69) is 39.6 Å². The molecule has 0 amide bonds. The maximum atomic E-state index is 12.5. The van der Waals surface area contributed by atoms with Gasteiger partial charge in [0, 0.05) is 18.0 Å². The summed E-state index contributed by atoms with van der Waals surface area (Å²) < 4.78 is 1.79. The molecule has 0 fully saturated rings. The van der Waals surface area contributed by atoms with Gasteiger partial charge in [-0.25, -0.2) is 4.68 Å². The Bertz CT molecular complexity index is 887.